The Balaban J connectivity index is 2.84. The molecule has 0 aliphatic carbocycles. The molecule has 90 valence electrons. The number of nitrogens with two attached hydrogens (primary N) is 1. The molecule has 0 aliphatic heterocycles. The monoisotopic (exact) mass is 221 g/mol. The molecule has 1 atom stereocenters. The zero-order valence-corrected chi connectivity index (χ0v) is 11.0. The van der Waals surface area contributed by atoms with Crippen LogP contribution in [-0.4, -0.2) is 12.7 Å². The maximum atomic E-state index is 6.23. The van der Waals surface area contributed by atoms with Crippen molar-refractivity contribution in [3.8, 4) is 0 Å². The van der Waals surface area contributed by atoms with E-state index in [2.05, 4.69) is 45.9 Å². The number of benzene rings is 1. The molecule has 0 aromatic heterocycles. The molecular weight excluding hydrogens is 198 g/mol. The molecular formula is C14H23NO. The summed E-state index contributed by atoms with van der Waals surface area (Å²) in [7, 11) is 1.73. The third-order valence-corrected chi connectivity index (χ3v) is 3.09. The van der Waals surface area contributed by atoms with E-state index in [0.717, 1.165) is 6.42 Å². The molecule has 0 spiro atoms. The number of rotatable bonds is 4. The summed E-state index contributed by atoms with van der Waals surface area (Å²) in [5.41, 5.74) is 9.82. The van der Waals surface area contributed by atoms with Gasteiger partial charge in [-0.25, -0.2) is 0 Å². The van der Waals surface area contributed by atoms with Crippen LogP contribution in [0, 0.1) is 13.8 Å². The molecule has 1 unspecified atom stereocenters. The Bertz CT molecular complexity index is 358. The van der Waals surface area contributed by atoms with E-state index in [1.807, 2.05) is 0 Å². The minimum Gasteiger partial charge on any atom is -0.379 e. The van der Waals surface area contributed by atoms with Crippen molar-refractivity contribution in [2.24, 2.45) is 5.73 Å². The lowest BCUT2D eigenvalue weighted by Crippen LogP contribution is -2.29. The van der Waals surface area contributed by atoms with Gasteiger partial charge in [0.1, 0.15) is 0 Å². The Morgan fingerprint density at radius 1 is 1.31 bits per heavy atom. The molecule has 2 heteroatoms. The molecule has 0 bridgehead atoms. The van der Waals surface area contributed by atoms with Crippen LogP contribution in [0.15, 0.2) is 18.2 Å². The summed E-state index contributed by atoms with van der Waals surface area (Å²) >= 11 is 0. The number of aryl methyl sites for hydroxylation is 2. The van der Waals surface area contributed by atoms with E-state index in [-0.39, 0.29) is 11.6 Å². The lowest BCUT2D eigenvalue weighted by molar-refractivity contribution is 0.00992. The third kappa shape index (κ3) is 3.32. The van der Waals surface area contributed by atoms with Gasteiger partial charge in [0, 0.05) is 13.2 Å². The fraction of sp³-hybridized carbons (Fsp3) is 0.571. The molecule has 1 rings (SSSR count). The summed E-state index contributed by atoms with van der Waals surface area (Å²) < 4.78 is 5.41. The van der Waals surface area contributed by atoms with E-state index in [0.29, 0.717) is 0 Å². The minimum atomic E-state index is -0.170. The standard InChI is InChI=1S/C14H23NO/c1-10-6-7-12(11(2)8-10)13(15)9-14(3,4)16-5/h6-8,13H,9,15H2,1-5H3. The van der Waals surface area contributed by atoms with Crippen molar-refractivity contribution >= 4 is 0 Å². The van der Waals surface area contributed by atoms with Gasteiger partial charge in [-0.3, -0.25) is 0 Å². The van der Waals surface area contributed by atoms with Gasteiger partial charge in [-0.15, -0.1) is 0 Å². The fourth-order valence-corrected chi connectivity index (χ4v) is 1.96. The summed E-state index contributed by atoms with van der Waals surface area (Å²) in [6.07, 6.45) is 0.827. The van der Waals surface area contributed by atoms with Gasteiger partial charge in [0.25, 0.3) is 0 Å². The van der Waals surface area contributed by atoms with Crippen LogP contribution in [0.25, 0.3) is 0 Å². The maximum absolute atomic E-state index is 6.23. The largest absolute Gasteiger partial charge is 0.379 e. The summed E-state index contributed by atoms with van der Waals surface area (Å²) in [5.74, 6) is 0. The molecule has 0 aliphatic rings. The highest BCUT2D eigenvalue weighted by Gasteiger charge is 2.22. The van der Waals surface area contributed by atoms with Gasteiger partial charge in [0.15, 0.2) is 0 Å². The second-order valence-corrected chi connectivity index (χ2v) is 5.13. The number of hydrogen-bond donors (Lipinski definition) is 1. The van der Waals surface area contributed by atoms with Gasteiger partial charge in [-0.1, -0.05) is 23.8 Å². The van der Waals surface area contributed by atoms with Crippen molar-refractivity contribution < 1.29 is 4.74 Å². The zero-order chi connectivity index (χ0) is 12.3. The van der Waals surface area contributed by atoms with Gasteiger partial charge in [0.2, 0.25) is 0 Å². The third-order valence-electron chi connectivity index (χ3n) is 3.09. The first kappa shape index (κ1) is 13.2. The molecule has 0 amide bonds. The van der Waals surface area contributed by atoms with E-state index in [4.69, 9.17) is 10.5 Å². The summed E-state index contributed by atoms with van der Waals surface area (Å²) in [6.45, 7) is 8.34. The Kier molecular flexibility index (Phi) is 4.11. The zero-order valence-electron chi connectivity index (χ0n) is 11.0. The topological polar surface area (TPSA) is 35.2 Å². The molecule has 1 aromatic rings. The lowest BCUT2D eigenvalue weighted by atomic mass is 9.91. The van der Waals surface area contributed by atoms with Crippen LogP contribution in [0.1, 0.15) is 43.0 Å². The molecule has 2 N–H and O–H groups in total. The Labute approximate surface area is 98.8 Å². The summed E-state index contributed by atoms with van der Waals surface area (Å²) in [4.78, 5) is 0. The Morgan fingerprint density at radius 2 is 1.94 bits per heavy atom. The van der Waals surface area contributed by atoms with Crippen molar-refractivity contribution in [3.63, 3.8) is 0 Å². The predicted octanol–water partition coefficient (Wildman–Crippen LogP) is 3.12. The van der Waals surface area contributed by atoms with Crippen molar-refractivity contribution in [2.75, 3.05) is 7.11 Å². The first-order valence-electron chi connectivity index (χ1n) is 5.73. The molecule has 0 radical (unpaired) electrons. The van der Waals surface area contributed by atoms with Crippen LogP contribution in [0.2, 0.25) is 0 Å². The average molecular weight is 221 g/mol. The second kappa shape index (κ2) is 4.98. The first-order valence-corrected chi connectivity index (χ1v) is 5.73. The highest BCUT2D eigenvalue weighted by Crippen LogP contribution is 2.26. The van der Waals surface area contributed by atoms with Crippen LogP contribution in [0.4, 0.5) is 0 Å². The minimum absolute atomic E-state index is 0.0375. The van der Waals surface area contributed by atoms with Gasteiger partial charge in [0.05, 0.1) is 5.60 Å². The summed E-state index contributed by atoms with van der Waals surface area (Å²) in [6, 6.07) is 6.45. The number of methoxy groups -OCH3 is 1. The van der Waals surface area contributed by atoms with Crippen LogP contribution in [0.3, 0.4) is 0 Å². The van der Waals surface area contributed by atoms with Crippen molar-refractivity contribution in [1.82, 2.24) is 0 Å². The van der Waals surface area contributed by atoms with Gasteiger partial charge >= 0.3 is 0 Å². The first-order chi connectivity index (χ1) is 7.35. The molecule has 1 aromatic carbocycles. The van der Waals surface area contributed by atoms with Crippen LogP contribution in [0.5, 0.6) is 0 Å². The molecule has 16 heavy (non-hydrogen) atoms. The van der Waals surface area contributed by atoms with Crippen molar-refractivity contribution in [2.45, 2.75) is 45.8 Å². The van der Waals surface area contributed by atoms with Crippen LogP contribution in [-0.2, 0) is 4.74 Å². The molecule has 0 fully saturated rings. The highest BCUT2D eigenvalue weighted by atomic mass is 16.5. The van der Waals surface area contributed by atoms with Crippen molar-refractivity contribution in [1.29, 1.82) is 0 Å². The van der Waals surface area contributed by atoms with Gasteiger partial charge in [-0.05, 0) is 45.2 Å². The molecule has 0 heterocycles. The fourth-order valence-electron chi connectivity index (χ4n) is 1.96. The molecule has 2 nitrogen and oxygen atoms in total. The number of ether oxygens (including phenoxy) is 1. The van der Waals surface area contributed by atoms with Crippen LogP contribution < -0.4 is 5.73 Å². The van der Waals surface area contributed by atoms with E-state index in [9.17, 15) is 0 Å². The highest BCUT2D eigenvalue weighted by molar-refractivity contribution is 5.32. The predicted molar refractivity (Wildman–Crippen MR) is 68.5 cm³/mol. The normalized spacial score (nSPS) is 13.9. The Morgan fingerprint density at radius 3 is 2.44 bits per heavy atom. The van der Waals surface area contributed by atoms with Gasteiger partial charge in [-0.2, -0.15) is 0 Å². The van der Waals surface area contributed by atoms with E-state index >= 15 is 0 Å². The maximum Gasteiger partial charge on any atom is 0.0640 e. The molecule has 0 saturated heterocycles. The van der Waals surface area contributed by atoms with Crippen molar-refractivity contribution in [3.05, 3.63) is 34.9 Å². The Hall–Kier alpha value is -0.860. The van der Waals surface area contributed by atoms with Crippen LogP contribution >= 0.6 is 0 Å². The SMILES string of the molecule is COC(C)(C)CC(N)c1ccc(C)cc1C. The van der Waals surface area contributed by atoms with E-state index < -0.39 is 0 Å². The van der Waals surface area contributed by atoms with E-state index in [1.165, 1.54) is 16.7 Å². The quantitative estimate of drug-likeness (QED) is 0.848. The smallest absolute Gasteiger partial charge is 0.0640 e. The van der Waals surface area contributed by atoms with Gasteiger partial charge < -0.3 is 10.5 Å². The second-order valence-electron chi connectivity index (χ2n) is 5.13. The summed E-state index contributed by atoms with van der Waals surface area (Å²) in [5, 5.41) is 0. The average Bonchev–Trinajstić information content (AvgIpc) is 2.16. The lowest BCUT2D eigenvalue weighted by Gasteiger charge is -2.27. The van der Waals surface area contributed by atoms with E-state index in [1.54, 1.807) is 7.11 Å². The number of hydrogen-bond acceptors (Lipinski definition) is 2. The molecule has 0 saturated carbocycles.